The molecule has 0 aliphatic heterocycles. The number of carbonyl (C=O) groups is 1. The fourth-order valence-electron chi connectivity index (χ4n) is 2.16. The van der Waals surface area contributed by atoms with Gasteiger partial charge < -0.3 is 0 Å². The summed E-state index contributed by atoms with van der Waals surface area (Å²) in [5, 5.41) is 0. The molecule has 1 aromatic carbocycles. The lowest BCUT2D eigenvalue weighted by atomic mass is 9.89. The summed E-state index contributed by atoms with van der Waals surface area (Å²) in [6, 6.07) is 13.8. The van der Waals surface area contributed by atoms with Crippen LogP contribution < -0.4 is 0 Å². The van der Waals surface area contributed by atoms with Crippen LogP contribution in [0.1, 0.15) is 30.4 Å². The molecule has 0 N–H and O–H groups in total. The van der Waals surface area contributed by atoms with Gasteiger partial charge in [-0.2, -0.15) is 0 Å². The summed E-state index contributed by atoms with van der Waals surface area (Å²) < 4.78 is 0. The topological polar surface area (TPSA) is 30.0 Å². The van der Waals surface area contributed by atoms with Gasteiger partial charge in [-0.3, -0.25) is 9.78 Å². The smallest absolute Gasteiger partial charge is 0.144 e. The minimum atomic E-state index is -0.000588. The summed E-state index contributed by atoms with van der Waals surface area (Å²) in [4.78, 5) is 16.3. The van der Waals surface area contributed by atoms with Crippen LogP contribution in [0.15, 0.2) is 54.9 Å². The molecule has 0 saturated heterocycles. The Morgan fingerprint density at radius 1 is 1.11 bits per heavy atom. The number of benzene rings is 1. The number of nitrogens with zero attached hydrogens (tertiary/aromatic N) is 1. The summed E-state index contributed by atoms with van der Waals surface area (Å²) in [5.74, 6) is 0.272. The summed E-state index contributed by atoms with van der Waals surface area (Å²) in [6.45, 7) is 2.06. The normalized spacial score (nSPS) is 12.1. The Morgan fingerprint density at radius 2 is 1.78 bits per heavy atom. The SMILES string of the molecule is CCC(C(=O)Cc1ccncc1)c1ccccc1. The molecule has 1 unspecified atom stereocenters. The molecule has 1 aromatic heterocycles. The van der Waals surface area contributed by atoms with Gasteiger partial charge in [0, 0.05) is 24.7 Å². The Balaban J connectivity index is 2.12. The molecule has 0 saturated carbocycles. The third kappa shape index (κ3) is 3.04. The van der Waals surface area contributed by atoms with Crippen LogP contribution in [0, 0.1) is 0 Å². The van der Waals surface area contributed by atoms with Crippen molar-refractivity contribution in [2.45, 2.75) is 25.7 Å². The molecule has 92 valence electrons. The Labute approximate surface area is 108 Å². The lowest BCUT2D eigenvalue weighted by Gasteiger charge is -2.14. The molecule has 0 aliphatic carbocycles. The predicted molar refractivity (Wildman–Crippen MR) is 72.4 cm³/mol. The summed E-state index contributed by atoms with van der Waals surface area (Å²) in [7, 11) is 0. The van der Waals surface area contributed by atoms with E-state index in [1.165, 1.54) is 0 Å². The van der Waals surface area contributed by atoms with E-state index >= 15 is 0 Å². The van der Waals surface area contributed by atoms with Gasteiger partial charge in [-0.05, 0) is 29.7 Å². The minimum absolute atomic E-state index is 0.000588. The van der Waals surface area contributed by atoms with Gasteiger partial charge in [0.25, 0.3) is 0 Å². The van der Waals surface area contributed by atoms with Gasteiger partial charge >= 0.3 is 0 Å². The van der Waals surface area contributed by atoms with Crippen molar-refractivity contribution in [2.24, 2.45) is 0 Å². The Morgan fingerprint density at radius 3 is 2.39 bits per heavy atom. The molecule has 0 fully saturated rings. The number of rotatable bonds is 5. The molecule has 1 heterocycles. The number of hydrogen-bond acceptors (Lipinski definition) is 2. The fourth-order valence-corrected chi connectivity index (χ4v) is 2.16. The average molecular weight is 239 g/mol. The van der Waals surface area contributed by atoms with Crippen molar-refractivity contribution in [3.63, 3.8) is 0 Å². The number of aromatic nitrogens is 1. The van der Waals surface area contributed by atoms with E-state index < -0.39 is 0 Å². The van der Waals surface area contributed by atoms with Crippen LogP contribution in [0.5, 0.6) is 0 Å². The molecule has 2 aromatic rings. The molecule has 2 nitrogen and oxygen atoms in total. The van der Waals surface area contributed by atoms with Crippen molar-refractivity contribution in [2.75, 3.05) is 0 Å². The maximum Gasteiger partial charge on any atom is 0.144 e. The lowest BCUT2D eigenvalue weighted by molar-refractivity contribution is -0.119. The highest BCUT2D eigenvalue weighted by molar-refractivity contribution is 5.87. The molecule has 0 bridgehead atoms. The standard InChI is InChI=1S/C16H17NO/c1-2-15(14-6-4-3-5-7-14)16(18)12-13-8-10-17-11-9-13/h3-11,15H,2,12H2,1H3. The van der Waals surface area contributed by atoms with Gasteiger partial charge in [0.2, 0.25) is 0 Å². The Hall–Kier alpha value is -1.96. The highest BCUT2D eigenvalue weighted by Gasteiger charge is 2.18. The number of ketones is 1. The molecular formula is C16H17NO. The van der Waals surface area contributed by atoms with Gasteiger partial charge in [0.15, 0.2) is 0 Å². The van der Waals surface area contributed by atoms with Crippen molar-refractivity contribution in [3.05, 3.63) is 66.0 Å². The molecule has 0 aliphatic rings. The van der Waals surface area contributed by atoms with Crippen LogP contribution in [0.25, 0.3) is 0 Å². The molecule has 2 rings (SSSR count). The molecule has 0 spiro atoms. The van der Waals surface area contributed by atoms with E-state index in [9.17, 15) is 4.79 Å². The van der Waals surface area contributed by atoms with E-state index in [4.69, 9.17) is 0 Å². The number of Topliss-reactive ketones (excluding diaryl/α,β-unsaturated/α-hetero) is 1. The van der Waals surface area contributed by atoms with Crippen molar-refractivity contribution < 1.29 is 4.79 Å². The zero-order valence-electron chi connectivity index (χ0n) is 10.5. The zero-order valence-corrected chi connectivity index (χ0v) is 10.5. The average Bonchev–Trinajstić information content (AvgIpc) is 2.42. The first-order chi connectivity index (χ1) is 8.81. The van der Waals surface area contributed by atoms with Gasteiger partial charge in [0.1, 0.15) is 5.78 Å². The van der Waals surface area contributed by atoms with Crippen LogP contribution in [0.4, 0.5) is 0 Å². The van der Waals surface area contributed by atoms with Crippen molar-refractivity contribution in [1.29, 1.82) is 0 Å². The van der Waals surface area contributed by atoms with Crippen LogP contribution in [0.3, 0.4) is 0 Å². The van der Waals surface area contributed by atoms with E-state index in [1.807, 2.05) is 42.5 Å². The first kappa shape index (κ1) is 12.5. The van der Waals surface area contributed by atoms with E-state index in [-0.39, 0.29) is 11.7 Å². The van der Waals surface area contributed by atoms with Gasteiger partial charge in [-0.1, -0.05) is 37.3 Å². The summed E-state index contributed by atoms with van der Waals surface area (Å²) >= 11 is 0. The maximum absolute atomic E-state index is 12.3. The van der Waals surface area contributed by atoms with Crippen LogP contribution in [-0.4, -0.2) is 10.8 Å². The second-order valence-electron chi connectivity index (χ2n) is 4.37. The quantitative estimate of drug-likeness (QED) is 0.800. The predicted octanol–water partition coefficient (Wildman–Crippen LogP) is 3.39. The van der Waals surface area contributed by atoms with E-state index in [1.54, 1.807) is 12.4 Å². The Bertz CT molecular complexity index is 493. The molecule has 1 atom stereocenters. The molecule has 0 amide bonds. The van der Waals surface area contributed by atoms with Crippen LogP contribution >= 0.6 is 0 Å². The second-order valence-corrected chi connectivity index (χ2v) is 4.37. The van der Waals surface area contributed by atoms with Gasteiger partial charge in [-0.15, -0.1) is 0 Å². The molecule has 18 heavy (non-hydrogen) atoms. The van der Waals surface area contributed by atoms with Crippen LogP contribution in [0.2, 0.25) is 0 Å². The van der Waals surface area contributed by atoms with Crippen LogP contribution in [-0.2, 0) is 11.2 Å². The van der Waals surface area contributed by atoms with Crippen molar-refractivity contribution in [3.8, 4) is 0 Å². The highest BCUT2D eigenvalue weighted by atomic mass is 16.1. The largest absolute Gasteiger partial charge is 0.299 e. The maximum atomic E-state index is 12.3. The lowest BCUT2D eigenvalue weighted by Crippen LogP contribution is -2.14. The second kappa shape index (κ2) is 6.10. The third-order valence-electron chi connectivity index (χ3n) is 3.13. The number of carbonyl (C=O) groups excluding carboxylic acids is 1. The van der Waals surface area contributed by atoms with E-state index in [0.717, 1.165) is 17.5 Å². The van der Waals surface area contributed by atoms with Crippen molar-refractivity contribution in [1.82, 2.24) is 4.98 Å². The third-order valence-corrected chi connectivity index (χ3v) is 3.13. The van der Waals surface area contributed by atoms with E-state index in [0.29, 0.717) is 6.42 Å². The fraction of sp³-hybridized carbons (Fsp3) is 0.250. The van der Waals surface area contributed by atoms with Gasteiger partial charge in [0.05, 0.1) is 0 Å². The Kier molecular flexibility index (Phi) is 4.24. The molecule has 2 heteroatoms. The minimum Gasteiger partial charge on any atom is -0.299 e. The first-order valence-corrected chi connectivity index (χ1v) is 6.28. The number of hydrogen-bond donors (Lipinski definition) is 0. The zero-order chi connectivity index (χ0) is 12.8. The number of pyridine rings is 1. The first-order valence-electron chi connectivity index (χ1n) is 6.28. The summed E-state index contributed by atoms with van der Waals surface area (Å²) in [6.07, 6.45) is 4.78. The highest BCUT2D eigenvalue weighted by Crippen LogP contribution is 2.21. The van der Waals surface area contributed by atoms with E-state index in [2.05, 4.69) is 11.9 Å². The van der Waals surface area contributed by atoms with Gasteiger partial charge in [-0.25, -0.2) is 0 Å². The van der Waals surface area contributed by atoms with Crippen molar-refractivity contribution >= 4 is 5.78 Å². The monoisotopic (exact) mass is 239 g/mol. The summed E-state index contributed by atoms with van der Waals surface area (Å²) in [5.41, 5.74) is 2.14. The molecule has 0 radical (unpaired) electrons. The molecular weight excluding hydrogens is 222 g/mol.